The minimum atomic E-state index is -0.569. The van der Waals surface area contributed by atoms with Crippen molar-refractivity contribution in [2.45, 2.75) is 27.2 Å². The fraction of sp³-hybridized carbons (Fsp3) is 0.500. The number of hydrogen-bond acceptors (Lipinski definition) is 5. The molecule has 0 unspecified atom stereocenters. The number of rotatable bonds is 5. The Morgan fingerprint density at radius 3 is 2.21 bits per heavy atom. The van der Waals surface area contributed by atoms with Gasteiger partial charge in [0.2, 0.25) is 0 Å². The van der Waals surface area contributed by atoms with Gasteiger partial charge in [-0.05, 0) is 25.8 Å². The number of hydrogen-bond donors (Lipinski definition) is 0. The van der Waals surface area contributed by atoms with Crippen LogP contribution in [0.3, 0.4) is 0 Å². The van der Waals surface area contributed by atoms with E-state index in [2.05, 4.69) is 0 Å². The first-order chi connectivity index (χ1) is 8.81. The highest BCUT2D eigenvalue weighted by atomic mass is 16.6. The van der Waals surface area contributed by atoms with E-state index in [-0.39, 0.29) is 17.1 Å². The lowest BCUT2D eigenvalue weighted by Crippen LogP contribution is -2.21. The van der Waals surface area contributed by atoms with Crippen molar-refractivity contribution in [2.24, 2.45) is 0 Å². The molecule has 0 spiro atoms. The average molecular weight is 267 g/mol. The van der Waals surface area contributed by atoms with E-state index in [0.717, 1.165) is 6.42 Å². The molecule has 0 atom stereocenters. The van der Waals surface area contributed by atoms with E-state index < -0.39 is 9.85 Å². The van der Waals surface area contributed by atoms with Crippen molar-refractivity contribution in [1.82, 2.24) is 0 Å². The minimum Gasteiger partial charge on any atom is -0.363 e. The fourth-order valence-electron chi connectivity index (χ4n) is 2.05. The van der Waals surface area contributed by atoms with Crippen LogP contribution in [0.5, 0.6) is 0 Å². The molecule has 0 saturated heterocycles. The van der Waals surface area contributed by atoms with Crippen molar-refractivity contribution in [3.8, 4) is 0 Å². The molecule has 7 nitrogen and oxygen atoms in total. The van der Waals surface area contributed by atoms with Crippen LogP contribution in [-0.2, 0) is 0 Å². The van der Waals surface area contributed by atoms with Crippen molar-refractivity contribution in [3.05, 3.63) is 37.4 Å². The van der Waals surface area contributed by atoms with Gasteiger partial charge in [-0.25, -0.2) is 0 Å². The lowest BCUT2D eigenvalue weighted by Gasteiger charge is -2.19. The molecule has 0 aliphatic rings. The van der Waals surface area contributed by atoms with E-state index in [1.165, 1.54) is 6.07 Å². The second kappa shape index (κ2) is 5.64. The van der Waals surface area contributed by atoms with Crippen LogP contribution < -0.4 is 4.90 Å². The Kier molecular flexibility index (Phi) is 4.42. The van der Waals surface area contributed by atoms with Gasteiger partial charge < -0.3 is 4.90 Å². The van der Waals surface area contributed by atoms with Crippen LogP contribution in [0.4, 0.5) is 17.1 Å². The van der Waals surface area contributed by atoms with Gasteiger partial charge in [0.1, 0.15) is 0 Å². The third-order valence-corrected chi connectivity index (χ3v) is 3.09. The van der Waals surface area contributed by atoms with E-state index in [1.54, 1.807) is 25.8 Å². The van der Waals surface area contributed by atoms with Gasteiger partial charge in [0, 0.05) is 25.2 Å². The summed E-state index contributed by atoms with van der Waals surface area (Å²) in [4.78, 5) is 22.8. The second-order valence-electron chi connectivity index (χ2n) is 4.47. The van der Waals surface area contributed by atoms with Crippen LogP contribution >= 0.6 is 0 Å². The third kappa shape index (κ3) is 2.81. The molecule has 0 N–H and O–H groups in total. The summed E-state index contributed by atoms with van der Waals surface area (Å²) >= 11 is 0. The zero-order chi connectivity index (χ0) is 14.7. The van der Waals surface area contributed by atoms with E-state index in [1.807, 2.05) is 6.92 Å². The van der Waals surface area contributed by atoms with Gasteiger partial charge in [0.15, 0.2) is 5.69 Å². The highest BCUT2D eigenvalue weighted by Gasteiger charge is 2.31. The van der Waals surface area contributed by atoms with Crippen molar-refractivity contribution in [1.29, 1.82) is 0 Å². The number of nitro groups is 2. The van der Waals surface area contributed by atoms with Crippen molar-refractivity contribution >= 4 is 17.1 Å². The molecule has 0 amide bonds. The number of nitrogens with zero attached hydrogens (tertiary/aromatic N) is 3. The molecule has 0 aliphatic heterocycles. The minimum absolute atomic E-state index is 0.0833. The number of aryl methyl sites for hydroxylation is 1. The quantitative estimate of drug-likeness (QED) is 0.604. The predicted molar refractivity (Wildman–Crippen MR) is 72.8 cm³/mol. The molecule has 0 aromatic heterocycles. The SMILES string of the molecule is CCCN(C)c1c([N+](=O)[O-])cc(C)c(C)c1[N+](=O)[O-]. The van der Waals surface area contributed by atoms with Crippen LogP contribution in [0.1, 0.15) is 24.5 Å². The summed E-state index contributed by atoms with van der Waals surface area (Å²) in [5.41, 5.74) is 0.703. The summed E-state index contributed by atoms with van der Waals surface area (Å²) in [6, 6.07) is 1.39. The Balaban J connectivity index is 3.66. The third-order valence-electron chi connectivity index (χ3n) is 3.09. The van der Waals surface area contributed by atoms with Gasteiger partial charge in [0.05, 0.1) is 9.85 Å². The summed E-state index contributed by atoms with van der Waals surface area (Å²) < 4.78 is 0. The molecule has 0 aliphatic carbocycles. The molecule has 0 fully saturated rings. The van der Waals surface area contributed by atoms with Crippen LogP contribution in [0.2, 0.25) is 0 Å². The van der Waals surface area contributed by atoms with E-state index in [4.69, 9.17) is 0 Å². The summed E-state index contributed by atoms with van der Waals surface area (Å²) in [6.07, 6.45) is 0.748. The standard InChI is InChI=1S/C12H17N3O4/c1-5-6-13(4)12-10(14(16)17)7-8(2)9(3)11(12)15(18)19/h7H,5-6H2,1-4H3. The Hall–Kier alpha value is -2.18. The number of benzene rings is 1. The molecule has 1 aromatic carbocycles. The average Bonchev–Trinajstić information content (AvgIpc) is 2.31. The monoisotopic (exact) mass is 267 g/mol. The second-order valence-corrected chi connectivity index (χ2v) is 4.47. The van der Waals surface area contributed by atoms with Gasteiger partial charge >= 0.3 is 5.69 Å². The zero-order valence-electron chi connectivity index (χ0n) is 11.5. The van der Waals surface area contributed by atoms with Crippen LogP contribution in [0.25, 0.3) is 0 Å². The highest BCUT2D eigenvalue weighted by Crippen LogP contribution is 2.41. The van der Waals surface area contributed by atoms with Crippen molar-refractivity contribution in [2.75, 3.05) is 18.5 Å². The number of nitro benzene ring substituents is 2. The Bertz CT molecular complexity index is 528. The van der Waals surface area contributed by atoms with Gasteiger partial charge in [-0.2, -0.15) is 0 Å². The largest absolute Gasteiger partial charge is 0.363 e. The first-order valence-electron chi connectivity index (χ1n) is 5.95. The summed E-state index contributed by atoms with van der Waals surface area (Å²) in [5.74, 6) is 0. The summed E-state index contributed by atoms with van der Waals surface area (Å²) in [6.45, 7) is 5.68. The zero-order valence-corrected chi connectivity index (χ0v) is 11.5. The Morgan fingerprint density at radius 1 is 1.21 bits per heavy atom. The molecule has 104 valence electrons. The molecule has 1 aromatic rings. The summed E-state index contributed by atoms with van der Waals surface area (Å²) in [7, 11) is 1.63. The maximum absolute atomic E-state index is 11.2. The van der Waals surface area contributed by atoms with Gasteiger partial charge in [-0.1, -0.05) is 6.92 Å². The lowest BCUT2D eigenvalue weighted by molar-refractivity contribution is -0.393. The van der Waals surface area contributed by atoms with Gasteiger partial charge in [-0.15, -0.1) is 0 Å². The Labute approximate surface area is 111 Å². The van der Waals surface area contributed by atoms with Crippen LogP contribution in [0, 0.1) is 34.1 Å². The molecule has 19 heavy (non-hydrogen) atoms. The summed E-state index contributed by atoms with van der Waals surface area (Å²) in [5, 5.41) is 22.4. The first-order valence-corrected chi connectivity index (χ1v) is 5.95. The lowest BCUT2D eigenvalue weighted by atomic mass is 10.0. The fourth-order valence-corrected chi connectivity index (χ4v) is 2.05. The molecule has 0 saturated carbocycles. The van der Waals surface area contributed by atoms with E-state index in [0.29, 0.717) is 17.7 Å². The molecular formula is C12H17N3O4. The predicted octanol–water partition coefficient (Wildman–Crippen LogP) is 2.97. The molecular weight excluding hydrogens is 250 g/mol. The number of anilines is 1. The molecule has 1 rings (SSSR count). The molecule has 0 heterocycles. The molecule has 7 heteroatoms. The van der Waals surface area contributed by atoms with Crippen molar-refractivity contribution in [3.63, 3.8) is 0 Å². The van der Waals surface area contributed by atoms with E-state index >= 15 is 0 Å². The molecule has 0 bridgehead atoms. The normalized spacial score (nSPS) is 10.3. The Morgan fingerprint density at radius 2 is 1.79 bits per heavy atom. The van der Waals surface area contributed by atoms with E-state index in [9.17, 15) is 20.2 Å². The van der Waals surface area contributed by atoms with Crippen LogP contribution in [-0.4, -0.2) is 23.4 Å². The molecule has 0 radical (unpaired) electrons. The smallest absolute Gasteiger partial charge is 0.302 e. The maximum Gasteiger partial charge on any atom is 0.302 e. The maximum atomic E-state index is 11.2. The van der Waals surface area contributed by atoms with Crippen LogP contribution in [0.15, 0.2) is 6.07 Å². The van der Waals surface area contributed by atoms with Crippen molar-refractivity contribution < 1.29 is 9.85 Å². The van der Waals surface area contributed by atoms with Gasteiger partial charge in [0.25, 0.3) is 5.69 Å². The first kappa shape index (κ1) is 14.9. The highest BCUT2D eigenvalue weighted by molar-refractivity contribution is 5.78. The topological polar surface area (TPSA) is 89.5 Å². The van der Waals surface area contributed by atoms with Gasteiger partial charge in [-0.3, -0.25) is 20.2 Å².